The van der Waals surface area contributed by atoms with Gasteiger partial charge in [0.1, 0.15) is 0 Å². The summed E-state index contributed by atoms with van der Waals surface area (Å²) in [6.45, 7) is 0.234. The maximum absolute atomic E-state index is 12.6. The lowest BCUT2D eigenvalue weighted by Gasteiger charge is -2.21. The summed E-state index contributed by atoms with van der Waals surface area (Å²) in [5.74, 6) is -0.210. The molecule has 3 amide bonds. The second-order valence-corrected chi connectivity index (χ2v) is 5.73. The molecule has 0 unspecified atom stereocenters. The molecule has 3 rings (SSSR count). The van der Waals surface area contributed by atoms with Crippen molar-refractivity contribution in [3.05, 3.63) is 66.0 Å². The molecule has 5 nitrogen and oxygen atoms in total. The summed E-state index contributed by atoms with van der Waals surface area (Å²) >= 11 is 0. The number of carbonyl (C=O) groups is 2. The first-order chi connectivity index (χ1) is 11.2. The summed E-state index contributed by atoms with van der Waals surface area (Å²) in [6, 6.07) is 13.0. The molecule has 118 valence electrons. The second-order valence-electron chi connectivity index (χ2n) is 5.73. The van der Waals surface area contributed by atoms with Crippen LogP contribution in [-0.2, 0) is 17.8 Å². The molecular formula is C18H19N3O2. The SMILES string of the molecule is O=C(Cc1ccccc1)N(Cc1cccnc1)C(=O)NC1CC1. The maximum atomic E-state index is 12.6. The monoisotopic (exact) mass is 309 g/mol. The van der Waals surface area contributed by atoms with E-state index in [4.69, 9.17) is 0 Å². The Bertz CT molecular complexity index is 669. The number of urea groups is 1. The molecule has 23 heavy (non-hydrogen) atoms. The van der Waals surface area contributed by atoms with Crippen molar-refractivity contribution >= 4 is 11.9 Å². The van der Waals surface area contributed by atoms with Crippen molar-refractivity contribution in [1.82, 2.24) is 15.2 Å². The third-order valence-corrected chi connectivity index (χ3v) is 3.71. The minimum Gasteiger partial charge on any atom is -0.335 e. The fourth-order valence-electron chi connectivity index (χ4n) is 2.29. The molecule has 0 saturated heterocycles. The van der Waals surface area contributed by atoms with Gasteiger partial charge in [-0.25, -0.2) is 4.79 Å². The zero-order chi connectivity index (χ0) is 16.1. The molecule has 1 aromatic heterocycles. The van der Waals surface area contributed by atoms with Gasteiger partial charge in [0.05, 0.1) is 13.0 Å². The first-order valence-electron chi connectivity index (χ1n) is 7.76. The van der Waals surface area contributed by atoms with Gasteiger partial charge >= 0.3 is 6.03 Å². The van der Waals surface area contributed by atoms with Crippen molar-refractivity contribution in [2.24, 2.45) is 0 Å². The Kier molecular flexibility index (Phi) is 4.66. The zero-order valence-electron chi connectivity index (χ0n) is 12.8. The summed E-state index contributed by atoms with van der Waals surface area (Å²) in [5.41, 5.74) is 1.73. The van der Waals surface area contributed by atoms with Crippen LogP contribution in [0.4, 0.5) is 4.79 Å². The van der Waals surface area contributed by atoms with Gasteiger partial charge in [0.25, 0.3) is 0 Å². The number of pyridine rings is 1. The van der Waals surface area contributed by atoms with Gasteiger partial charge < -0.3 is 5.32 Å². The molecule has 5 heteroatoms. The summed E-state index contributed by atoms with van der Waals surface area (Å²) in [7, 11) is 0. The lowest BCUT2D eigenvalue weighted by molar-refractivity contribution is -0.128. The third-order valence-electron chi connectivity index (χ3n) is 3.71. The number of nitrogens with one attached hydrogen (secondary N) is 1. The quantitative estimate of drug-likeness (QED) is 0.923. The van der Waals surface area contributed by atoms with E-state index in [-0.39, 0.29) is 30.9 Å². The van der Waals surface area contributed by atoms with Crippen molar-refractivity contribution in [3.8, 4) is 0 Å². The number of amides is 3. The minimum absolute atomic E-state index is 0.208. The highest BCUT2D eigenvalue weighted by Gasteiger charge is 2.28. The van der Waals surface area contributed by atoms with Gasteiger partial charge in [0.2, 0.25) is 5.91 Å². The highest BCUT2D eigenvalue weighted by molar-refractivity contribution is 5.95. The van der Waals surface area contributed by atoms with Gasteiger partial charge in [-0.15, -0.1) is 0 Å². The predicted molar refractivity (Wildman–Crippen MR) is 86.5 cm³/mol. The van der Waals surface area contributed by atoms with E-state index in [1.165, 1.54) is 4.90 Å². The molecule has 0 aliphatic heterocycles. The van der Waals surface area contributed by atoms with Crippen LogP contribution in [0.25, 0.3) is 0 Å². The summed E-state index contributed by atoms with van der Waals surface area (Å²) in [6.07, 6.45) is 5.52. The molecule has 0 atom stereocenters. The molecule has 0 spiro atoms. The summed E-state index contributed by atoms with van der Waals surface area (Å²) in [4.78, 5) is 30.3. The predicted octanol–water partition coefficient (Wildman–Crippen LogP) is 2.52. The van der Waals surface area contributed by atoms with Crippen molar-refractivity contribution in [2.75, 3.05) is 0 Å². The average molecular weight is 309 g/mol. The highest BCUT2D eigenvalue weighted by atomic mass is 16.2. The first kappa shape index (κ1) is 15.2. The van der Waals surface area contributed by atoms with Crippen molar-refractivity contribution < 1.29 is 9.59 Å². The van der Waals surface area contributed by atoms with E-state index in [0.717, 1.165) is 24.0 Å². The zero-order valence-corrected chi connectivity index (χ0v) is 12.8. The average Bonchev–Trinajstić information content (AvgIpc) is 3.38. The van der Waals surface area contributed by atoms with Crippen molar-refractivity contribution in [1.29, 1.82) is 0 Å². The maximum Gasteiger partial charge on any atom is 0.324 e. The van der Waals surface area contributed by atoms with Crippen LogP contribution in [0.3, 0.4) is 0 Å². The van der Waals surface area contributed by atoms with Gasteiger partial charge in [-0.2, -0.15) is 0 Å². The molecule has 1 heterocycles. The number of imide groups is 1. The number of rotatable bonds is 5. The minimum atomic E-state index is -0.322. The molecular weight excluding hydrogens is 290 g/mol. The van der Waals surface area contributed by atoms with Crippen molar-refractivity contribution in [2.45, 2.75) is 31.8 Å². The molecule has 1 fully saturated rings. The van der Waals surface area contributed by atoms with Crippen LogP contribution in [0.1, 0.15) is 24.0 Å². The Morgan fingerprint density at radius 1 is 1.09 bits per heavy atom. The molecule has 1 aliphatic carbocycles. The molecule has 0 radical (unpaired) electrons. The molecule has 0 bridgehead atoms. The number of hydrogen-bond donors (Lipinski definition) is 1. The highest BCUT2D eigenvalue weighted by Crippen LogP contribution is 2.19. The topological polar surface area (TPSA) is 62.3 Å². The van der Waals surface area contributed by atoms with Gasteiger partial charge in [0.15, 0.2) is 0 Å². The molecule has 2 aromatic rings. The summed E-state index contributed by atoms with van der Waals surface area (Å²) < 4.78 is 0. The van der Waals surface area contributed by atoms with E-state index in [1.54, 1.807) is 18.5 Å². The van der Waals surface area contributed by atoms with E-state index < -0.39 is 0 Å². The molecule has 1 saturated carbocycles. The van der Waals surface area contributed by atoms with Gasteiger partial charge in [0, 0.05) is 18.4 Å². The van der Waals surface area contributed by atoms with Crippen LogP contribution >= 0.6 is 0 Å². The molecule has 1 aliphatic rings. The summed E-state index contributed by atoms with van der Waals surface area (Å²) in [5, 5.41) is 2.89. The number of benzene rings is 1. The van der Waals surface area contributed by atoms with E-state index in [1.807, 2.05) is 36.4 Å². The van der Waals surface area contributed by atoms with E-state index in [2.05, 4.69) is 10.3 Å². The second kappa shape index (κ2) is 7.05. The van der Waals surface area contributed by atoms with E-state index in [0.29, 0.717) is 0 Å². The van der Waals surface area contributed by atoms with Gasteiger partial charge in [-0.3, -0.25) is 14.7 Å². The Morgan fingerprint density at radius 2 is 1.83 bits per heavy atom. The number of hydrogen-bond acceptors (Lipinski definition) is 3. The lowest BCUT2D eigenvalue weighted by atomic mass is 10.1. The Morgan fingerprint density at radius 3 is 2.48 bits per heavy atom. The smallest absolute Gasteiger partial charge is 0.324 e. The van der Waals surface area contributed by atoms with Crippen LogP contribution in [0.2, 0.25) is 0 Å². The first-order valence-corrected chi connectivity index (χ1v) is 7.76. The standard InChI is InChI=1S/C18H19N3O2/c22-17(11-14-5-2-1-3-6-14)21(18(23)20-16-8-9-16)13-15-7-4-10-19-12-15/h1-7,10,12,16H,8-9,11,13H2,(H,20,23). The van der Waals surface area contributed by atoms with Crippen LogP contribution < -0.4 is 5.32 Å². The Labute approximate surface area is 135 Å². The fourth-order valence-corrected chi connectivity index (χ4v) is 2.29. The molecule has 1 aromatic carbocycles. The largest absolute Gasteiger partial charge is 0.335 e. The normalized spacial score (nSPS) is 13.4. The fraction of sp³-hybridized carbons (Fsp3) is 0.278. The van der Waals surface area contributed by atoms with E-state index in [9.17, 15) is 9.59 Å². The Hall–Kier alpha value is -2.69. The Balaban J connectivity index is 1.73. The number of aromatic nitrogens is 1. The van der Waals surface area contributed by atoms with Crippen LogP contribution in [0, 0.1) is 0 Å². The van der Waals surface area contributed by atoms with Gasteiger partial charge in [-0.05, 0) is 30.0 Å². The number of nitrogens with zero attached hydrogens (tertiary/aromatic N) is 2. The molecule has 1 N–H and O–H groups in total. The van der Waals surface area contributed by atoms with Gasteiger partial charge in [-0.1, -0.05) is 36.4 Å². The van der Waals surface area contributed by atoms with E-state index >= 15 is 0 Å². The third kappa shape index (κ3) is 4.39. The van der Waals surface area contributed by atoms with Crippen LogP contribution in [0.15, 0.2) is 54.9 Å². The van der Waals surface area contributed by atoms with Crippen LogP contribution in [0.5, 0.6) is 0 Å². The van der Waals surface area contributed by atoms with Crippen LogP contribution in [-0.4, -0.2) is 27.9 Å². The van der Waals surface area contributed by atoms with Crippen molar-refractivity contribution in [3.63, 3.8) is 0 Å². The number of carbonyl (C=O) groups excluding carboxylic acids is 2. The lowest BCUT2D eigenvalue weighted by Crippen LogP contribution is -2.44.